The maximum atomic E-state index is 14.0. The highest BCUT2D eigenvalue weighted by atomic mass is 35.5. The molecule has 0 aliphatic carbocycles. The van der Waals surface area contributed by atoms with Gasteiger partial charge in [-0.2, -0.15) is 0 Å². The van der Waals surface area contributed by atoms with Crippen LogP contribution in [0.3, 0.4) is 0 Å². The third-order valence-corrected chi connectivity index (χ3v) is 9.01. The van der Waals surface area contributed by atoms with Gasteiger partial charge in [-0.05, 0) is 69.5 Å². The highest BCUT2D eigenvalue weighted by Gasteiger charge is 2.33. The molecule has 0 unspecified atom stereocenters. The van der Waals surface area contributed by atoms with E-state index in [0.717, 1.165) is 33.8 Å². The van der Waals surface area contributed by atoms with Crippen LogP contribution in [-0.2, 0) is 26.2 Å². The highest BCUT2D eigenvalue weighted by Crippen LogP contribution is 2.31. The second-order valence-corrected chi connectivity index (χ2v) is 12.3. The summed E-state index contributed by atoms with van der Waals surface area (Å²) in [4.78, 5) is 28.6. The largest absolute Gasteiger partial charge is 0.354 e. The van der Waals surface area contributed by atoms with E-state index < -0.39 is 28.5 Å². The molecule has 0 heterocycles. The van der Waals surface area contributed by atoms with Crippen molar-refractivity contribution in [1.29, 1.82) is 0 Å². The number of carbonyl (C=O) groups is 2. The summed E-state index contributed by atoms with van der Waals surface area (Å²) < 4.78 is 29.0. The Hall–Kier alpha value is -3.36. The quantitative estimate of drug-likeness (QED) is 0.273. The molecule has 40 heavy (non-hydrogen) atoms. The van der Waals surface area contributed by atoms with Crippen LogP contribution in [-0.4, -0.2) is 44.3 Å². The molecule has 0 saturated heterocycles. The first-order chi connectivity index (χ1) is 18.9. The number of rotatable bonds is 12. The molecule has 1 N–H and O–H groups in total. The average molecular weight is 584 g/mol. The van der Waals surface area contributed by atoms with Crippen molar-refractivity contribution >= 4 is 39.1 Å². The molecular weight excluding hydrogens is 546 g/mol. The third kappa shape index (κ3) is 7.64. The van der Waals surface area contributed by atoms with Crippen LogP contribution in [0.4, 0.5) is 5.69 Å². The Morgan fingerprint density at radius 1 is 0.950 bits per heavy atom. The summed E-state index contributed by atoms with van der Waals surface area (Å²) in [7, 11) is -4.16. The van der Waals surface area contributed by atoms with Gasteiger partial charge in [-0.25, -0.2) is 8.42 Å². The Balaban J connectivity index is 2.04. The number of carbonyl (C=O) groups excluding carboxylic acids is 2. The topological polar surface area (TPSA) is 86.8 Å². The van der Waals surface area contributed by atoms with E-state index in [2.05, 4.69) is 5.32 Å². The summed E-state index contributed by atoms with van der Waals surface area (Å²) in [6, 6.07) is 18.3. The molecule has 9 heteroatoms. The number of hydrogen-bond donors (Lipinski definition) is 1. The molecule has 3 aromatic carbocycles. The number of nitrogens with one attached hydrogen (secondary N) is 1. The fraction of sp³-hybridized carbons (Fsp3) is 0.355. The predicted molar refractivity (Wildman–Crippen MR) is 161 cm³/mol. The highest BCUT2D eigenvalue weighted by molar-refractivity contribution is 7.92. The number of aryl methyl sites for hydroxylation is 2. The zero-order valence-electron chi connectivity index (χ0n) is 23.8. The maximum absolute atomic E-state index is 14.0. The fourth-order valence-corrected chi connectivity index (χ4v) is 5.98. The van der Waals surface area contributed by atoms with E-state index in [0.29, 0.717) is 22.8 Å². The average Bonchev–Trinajstić information content (AvgIpc) is 2.92. The Kier molecular flexibility index (Phi) is 10.8. The summed E-state index contributed by atoms with van der Waals surface area (Å²) in [5.41, 5.74) is 3.60. The number of sulfonamides is 1. The van der Waals surface area contributed by atoms with E-state index in [4.69, 9.17) is 11.6 Å². The molecule has 0 aliphatic heterocycles. The van der Waals surface area contributed by atoms with Gasteiger partial charge in [-0.1, -0.05) is 78.5 Å². The summed E-state index contributed by atoms with van der Waals surface area (Å²) >= 11 is 6.38. The second kappa shape index (κ2) is 13.8. The van der Waals surface area contributed by atoms with Gasteiger partial charge in [-0.15, -0.1) is 0 Å². The van der Waals surface area contributed by atoms with Gasteiger partial charge in [0.1, 0.15) is 12.6 Å². The van der Waals surface area contributed by atoms with Gasteiger partial charge in [0, 0.05) is 18.1 Å². The van der Waals surface area contributed by atoms with Gasteiger partial charge >= 0.3 is 0 Å². The van der Waals surface area contributed by atoms with Crippen molar-refractivity contribution in [3.05, 3.63) is 94.0 Å². The molecule has 3 rings (SSSR count). The minimum atomic E-state index is -4.16. The Morgan fingerprint density at radius 2 is 1.62 bits per heavy atom. The van der Waals surface area contributed by atoms with Gasteiger partial charge in [0.05, 0.1) is 10.6 Å². The van der Waals surface area contributed by atoms with Crippen LogP contribution >= 0.6 is 11.6 Å². The van der Waals surface area contributed by atoms with E-state index >= 15 is 0 Å². The van der Waals surface area contributed by atoms with Crippen molar-refractivity contribution < 1.29 is 18.0 Å². The van der Waals surface area contributed by atoms with Crippen LogP contribution in [0.15, 0.2) is 71.6 Å². The monoisotopic (exact) mass is 583 g/mol. The van der Waals surface area contributed by atoms with Gasteiger partial charge in [0.15, 0.2) is 0 Å². The van der Waals surface area contributed by atoms with Crippen LogP contribution in [0.1, 0.15) is 48.9 Å². The molecule has 0 aliphatic rings. The number of unbranched alkanes of at least 4 members (excludes halogenated alkanes) is 1. The molecule has 3 aromatic rings. The van der Waals surface area contributed by atoms with Crippen molar-refractivity contribution in [3.63, 3.8) is 0 Å². The lowest BCUT2D eigenvalue weighted by Crippen LogP contribution is -2.51. The number of hydrogen-bond acceptors (Lipinski definition) is 4. The van der Waals surface area contributed by atoms with Crippen molar-refractivity contribution in [1.82, 2.24) is 10.2 Å². The molecule has 214 valence electrons. The van der Waals surface area contributed by atoms with Crippen molar-refractivity contribution in [2.24, 2.45) is 0 Å². The lowest BCUT2D eigenvalue weighted by Gasteiger charge is -2.32. The SMILES string of the molecule is CCCCNC(=O)[C@H](C)N(Cc1cccc(C)c1)C(=O)CN(c1cccc(Cl)c1C)S(=O)(=O)c1ccc(C)cc1. The standard InChI is InChI=1S/C31H38ClN3O4S/c1-6-7-18-33-31(37)25(5)34(20-26-11-8-10-23(3)19-26)30(36)21-35(29-13-9-12-28(32)24(29)4)40(38,39)27-16-14-22(2)15-17-27/h8-17,19,25H,6-7,18,20-21H2,1-5H3,(H,33,37)/t25-/m0/s1. The Labute approximate surface area is 243 Å². The smallest absolute Gasteiger partial charge is 0.264 e. The number of amides is 2. The maximum Gasteiger partial charge on any atom is 0.264 e. The fourth-order valence-electron chi connectivity index (χ4n) is 4.34. The van der Waals surface area contributed by atoms with Gasteiger partial charge < -0.3 is 10.2 Å². The van der Waals surface area contributed by atoms with E-state index in [1.54, 1.807) is 44.2 Å². The van der Waals surface area contributed by atoms with E-state index in [9.17, 15) is 18.0 Å². The van der Waals surface area contributed by atoms with Gasteiger partial charge in [-0.3, -0.25) is 13.9 Å². The lowest BCUT2D eigenvalue weighted by molar-refractivity contribution is -0.139. The molecule has 7 nitrogen and oxygen atoms in total. The molecule has 0 spiro atoms. The summed E-state index contributed by atoms with van der Waals surface area (Å²) in [6.45, 7) is 9.38. The molecule has 0 bridgehead atoms. The Bertz CT molecular complexity index is 1440. The zero-order chi connectivity index (χ0) is 29.4. The van der Waals surface area contributed by atoms with Crippen LogP contribution in [0.2, 0.25) is 5.02 Å². The number of benzene rings is 3. The lowest BCUT2D eigenvalue weighted by atomic mass is 10.1. The van der Waals surface area contributed by atoms with Gasteiger partial charge in [0.25, 0.3) is 10.0 Å². The van der Waals surface area contributed by atoms with Crippen molar-refractivity contribution in [2.75, 3.05) is 17.4 Å². The Morgan fingerprint density at radius 3 is 2.27 bits per heavy atom. The van der Waals surface area contributed by atoms with Crippen LogP contribution in [0.5, 0.6) is 0 Å². The van der Waals surface area contributed by atoms with E-state index in [1.807, 2.05) is 45.0 Å². The normalized spacial score (nSPS) is 12.1. The molecule has 0 saturated carbocycles. The molecule has 0 aromatic heterocycles. The summed E-state index contributed by atoms with van der Waals surface area (Å²) in [5.74, 6) is -0.795. The first-order valence-corrected chi connectivity index (χ1v) is 15.2. The molecule has 0 fully saturated rings. The first-order valence-electron chi connectivity index (χ1n) is 13.4. The number of nitrogens with zero attached hydrogens (tertiary/aromatic N) is 2. The first kappa shape index (κ1) is 31.2. The zero-order valence-corrected chi connectivity index (χ0v) is 25.3. The van der Waals surface area contributed by atoms with Gasteiger partial charge in [0.2, 0.25) is 11.8 Å². The van der Waals surface area contributed by atoms with Crippen LogP contribution in [0, 0.1) is 20.8 Å². The predicted octanol–water partition coefficient (Wildman–Crippen LogP) is 5.79. The molecular formula is C31H38ClN3O4S. The molecule has 1 atom stereocenters. The van der Waals surface area contributed by atoms with E-state index in [1.165, 1.54) is 17.0 Å². The molecule has 2 amide bonds. The molecule has 0 radical (unpaired) electrons. The second-order valence-electron chi connectivity index (χ2n) is 10.0. The summed E-state index contributed by atoms with van der Waals surface area (Å²) in [5, 5.41) is 3.28. The van der Waals surface area contributed by atoms with Crippen molar-refractivity contribution in [3.8, 4) is 0 Å². The minimum absolute atomic E-state index is 0.0564. The van der Waals surface area contributed by atoms with Crippen LogP contribution in [0.25, 0.3) is 0 Å². The minimum Gasteiger partial charge on any atom is -0.354 e. The van der Waals surface area contributed by atoms with Crippen molar-refractivity contribution in [2.45, 2.75) is 64.9 Å². The number of halogens is 1. The third-order valence-electron chi connectivity index (χ3n) is 6.83. The van der Waals surface area contributed by atoms with Crippen LogP contribution < -0.4 is 9.62 Å². The van der Waals surface area contributed by atoms with E-state index in [-0.39, 0.29) is 17.3 Å². The summed E-state index contributed by atoms with van der Waals surface area (Å²) in [6.07, 6.45) is 1.74. The number of anilines is 1.